The molecule has 1 aromatic carbocycles. The molecule has 0 bridgehead atoms. The van der Waals surface area contributed by atoms with E-state index in [-0.39, 0.29) is 17.5 Å². The Kier molecular flexibility index (Phi) is 5.05. The highest BCUT2D eigenvalue weighted by Gasteiger charge is 2.49. The summed E-state index contributed by atoms with van der Waals surface area (Å²) in [5.41, 5.74) is 0.882. The Morgan fingerprint density at radius 1 is 1.35 bits per heavy atom. The molecule has 1 spiro atoms. The first-order valence-electron chi connectivity index (χ1n) is 9.63. The average Bonchev–Trinajstić information content (AvgIpc) is 2.92. The van der Waals surface area contributed by atoms with Gasteiger partial charge in [0.2, 0.25) is 0 Å². The van der Waals surface area contributed by atoms with Crippen LogP contribution in [0.15, 0.2) is 18.2 Å². The fourth-order valence-electron chi connectivity index (χ4n) is 4.49. The molecule has 1 atom stereocenters. The highest BCUT2D eigenvalue weighted by molar-refractivity contribution is 5.79. The first-order valence-corrected chi connectivity index (χ1v) is 9.63. The Hall–Kier alpha value is -1.79. The molecule has 0 radical (unpaired) electrons. The molecular weight excluding hydrogens is 332 g/mol. The first-order chi connectivity index (χ1) is 12.7. The number of para-hydroxylation sites is 1. The zero-order valence-electron chi connectivity index (χ0n) is 15.5. The fraction of sp³-hybridized carbons (Fsp3) is 0.650. The zero-order chi connectivity index (χ0) is 18.0. The number of esters is 1. The number of methoxy groups -OCH3 is 1. The Labute approximate surface area is 154 Å². The number of nitrogens with one attached hydrogen (secondary N) is 1. The number of fused-ring (bicyclic) bond motifs is 1. The van der Waals surface area contributed by atoms with Gasteiger partial charge in [0.15, 0.2) is 11.5 Å². The number of cyclic esters (lactones) is 1. The lowest BCUT2D eigenvalue weighted by Crippen LogP contribution is -2.40. The van der Waals surface area contributed by atoms with Crippen LogP contribution in [0.3, 0.4) is 0 Å². The van der Waals surface area contributed by atoms with Gasteiger partial charge in [-0.15, -0.1) is 0 Å². The van der Waals surface area contributed by atoms with Crippen LogP contribution in [0.5, 0.6) is 11.5 Å². The summed E-state index contributed by atoms with van der Waals surface area (Å²) in [6.07, 6.45) is 3.60. The number of hydrogen-bond acceptors (Lipinski definition) is 6. The molecule has 6 heteroatoms. The lowest BCUT2D eigenvalue weighted by Gasteiger charge is -2.30. The minimum atomic E-state index is -0.247. The maximum atomic E-state index is 12.5. The van der Waals surface area contributed by atoms with E-state index in [4.69, 9.17) is 14.2 Å². The van der Waals surface area contributed by atoms with Crippen LogP contribution in [0.2, 0.25) is 0 Å². The summed E-state index contributed by atoms with van der Waals surface area (Å²) in [4.78, 5) is 14.9. The maximum Gasteiger partial charge on any atom is 0.312 e. The van der Waals surface area contributed by atoms with Crippen molar-refractivity contribution in [2.24, 2.45) is 5.41 Å². The molecule has 0 aliphatic carbocycles. The number of carbonyl (C=O) groups is 1. The maximum absolute atomic E-state index is 12.5. The lowest BCUT2D eigenvalue weighted by atomic mass is 9.76. The summed E-state index contributed by atoms with van der Waals surface area (Å²) in [6, 6.07) is 6.02. The highest BCUT2D eigenvalue weighted by atomic mass is 16.6. The van der Waals surface area contributed by atoms with Crippen molar-refractivity contribution >= 4 is 5.97 Å². The van der Waals surface area contributed by atoms with Crippen LogP contribution < -0.4 is 14.8 Å². The molecule has 0 saturated carbocycles. The molecule has 4 rings (SSSR count). The first kappa shape index (κ1) is 17.6. The van der Waals surface area contributed by atoms with Crippen molar-refractivity contribution in [2.45, 2.75) is 38.3 Å². The van der Waals surface area contributed by atoms with Crippen LogP contribution in [0.1, 0.15) is 31.2 Å². The van der Waals surface area contributed by atoms with Gasteiger partial charge in [0.1, 0.15) is 6.10 Å². The lowest BCUT2D eigenvalue weighted by molar-refractivity contribution is -0.150. The van der Waals surface area contributed by atoms with Gasteiger partial charge in [-0.3, -0.25) is 9.69 Å². The van der Waals surface area contributed by atoms with Crippen molar-refractivity contribution in [3.63, 3.8) is 0 Å². The molecule has 6 nitrogen and oxygen atoms in total. The van der Waals surface area contributed by atoms with Gasteiger partial charge in [-0.05, 0) is 38.4 Å². The minimum Gasteiger partial charge on any atom is -0.493 e. The number of piperidine rings is 1. The predicted octanol–water partition coefficient (Wildman–Crippen LogP) is 1.96. The monoisotopic (exact) mass is 360 g/mol. The van der Waals surface area contributed by atoms with Gasteiger partial charge in [0.25, 0.3) is 0 Å². The SMILES string of the molecule is COc1cccc2c1OCCCN(CC1CC3(CCNCC3)C(=O)O1)C2. The molecular formula is C20H28N2O4. The smallest absolute Gasteiger partial charge is 0.312 e. The molecule has 3 heterocycles. The molecule has 3 aliphatic heterocycles. The molecule has 1 unspecified atom stereocenters. The fourth-order valence-corrected chi connectivity index (χ4v) is 4.49. The Morgan fingerprint density at radius 2 is 2.19 bits per heavy atom. The summed E-state index contributed by atoms with van der Waals surface area (Å²) in [5, 5.41) is 3.35. The third kappa shape index (κ3) is 3.40. The number of carbonyl (C=O) groups excluding carboxylic acids is 1. The Morgan fingerprint density at radius 3 is 3.00 bits per heavy atom. The van der Waals surface area contributed by atoms with Crippen LogP contribution in [-0.4, -0.2) is 56.9 Å². The quantitative estimate of drug-likeness (QED) is 0.832. The van der Waals surface area contributed by atoms with Gasteiger partial charge in [-0.2, -0.15) is 0 Å². The van der Waals surface area contributed by atoms with E-state index < -0.39 is 0 Å². The minimum absolute atomic E-state index is 0.00463. The molecule has 26 heavy (non-hydrogen) atoms. The van der Waals surface area contributed by atoms with E-state index in [0.29, 0.717) is 6.61 Å². The van der Waals surface area contributed by atoms with Crippen LogP contribution in [0, 0.1) is 5.41 Å². The van der Waals surface area contributed by atoms with E-state index in [1.54, 1.807) is 7.11 Å². The normalized spacial score (nSPS) is 25.7. The molecule has 142 valence electrons. The van der Waals surface area contributed by atoms with Crippen LogP contribution in [-0.2, 0) is 16.1 Å². The van der Waals surface area contributed by atoms with Crippen LogP contribution >= 0.6 is 0 Å². The van der Waals surface area contributed by atoms with E-state index in [1.165, 1.54) is 0 Å². The van der Waals surface area contributed by atoms with Gasteiger partial charge in [-0.25, -0.2) is 0 Å². The van der Waals surface area contributed by atoms with Crippen molar-refractivity contribution in [2.75, 3.05) is 39.9 Å². The van der Waals surface area contributed by atoms with E-state index in [1.807, 2.05) is 12.1 Å². The average molecular weight is 360 g/mol. The van der Waals surface area contributed by atoms with E-state index >= 15 is 0 Å². The number of rotatable bonds is 3. The number of benzene rings is 1. The summed E-state index contributed by atoms with van der Waals surface area (Å²) in [6.45, 7) is 5.02. The molecule has 3 aliphatic rings. The predicted molar refractivity (Wildman–Crippen MR) is 97.4 cm³/mol. The van der Waals surface area contributed by atoms with Crippen molar-refractivity contribution in [1.29, 1.82) is 0 Å². The van der Waals surface area contributed by atoms with Crippen molar-refractivity contribution < 1.29 is 19.0 Å². The Bertz CT molecular complexity index is 657. The standard InChI is InChI=1S/C20H28N2O4/c1-24-17-5-2-4-15-13-22(10-3-11-25-18(15)17)14-16-12-20(19(23)26-16)6-8-21-9-7-20/h2,4-5,16,21H,3,6-14H2,1H3. The van der Waals surface area contributed by atoms with Gasteiger partial charge < -0.3 is 19.5 Å². The van der Waals surface area contributed by atoms with Crippen molar-refractivity contribution in [1.82, 2.24) is 10.2 Å². The summed E-state index contributed by atoms with van der Waals surface area (Å²) >= 11 is 0. The van der Waals surface area contributed by atoms with Crippen LogP contribution in [0.4, 0.5) is 0 Å². The summed E-state index contributed by atoms with van der Waals surface area (Å²) < 4.78 is 17.2. The third-order valence-corrected chi connectivity index (χ3v) is 5.89. The third-order valence-electron chi connectivity index (χ3n) is 5.89. The van der Waals surface area contributed by atoms with Crippen LogP contribution in [0.25, 0.3) is 0 Å². The van der Waals surface area contributed by atoms with Gasteiger partial charge in [0.05, 0.1) is 19.1 Å². The number of ether oxygens (including phenoxy) is 3. The van der Waals surface area contributed by atoms with E-state index in [2.05, 4.69) is 16.3 Å². The largest absolute Gasteiger partial charge is 0.493 e. The number of hydrogen-bond donors (Lipinski definition) is 1. The molecule has 1 N–H and O–H groups in total. The number of nitrogens with zero attached hydrogens (tertiary/aromatic N) is 1. The second-order valence-electron chi connectivity index (χ2n) is 7.65. The summed E-state index contributed by atoms with van der Waals surface area (Å²) in [7, 11) is 1.67. The Balaban J connectivity index is 1.46. The molecule has 2 fully saturated rings. The molecule has 0 amide bonds. The molecule has 1 aromatic rings. The topological polar surface area (TPSA) is 60.0 Å². The molecule has 2 saturated heterocycles. The van der Waals surface area contributed by atoms with Gasteiger partial charge in [-0.1, -0.05) is 12.1 Å². The van der Waals surface area contributed by atoms with Gasteiger partial charge in [0, 0.05) is 31.6 Å². The van der Waals surface area contributed by atoms with Crippen molar-refractivity contribution in [3.8, 4) is 11.5 Å². The zero-order valence-corrected chi connectivity index (χ0v) is 15.5. The highest BCUT2D eigenvalue weighted by Crippen LogP contribution is 2.42. The molecule has 0 aromatic heterocycles. The van der Waals surface area contributed by atoms with E-state index in [9.17, 15) is 4.79 Å². The summed E-state index contributed by atoms with van der Waals surface area (Å²) in [5.74, 6) is 1.64. The second-order valence-corrected chi connectivity index (χ2v) is 7.65. The van der Waals surface area contributed by atoms with Crippen molar-refractivity contribution in [3.05, 3.63) is 23.8 Å². The van der Waals surface area contributed by atoms with E-state index in [0.717, 1.165) is 75.5 Å². The second kappa shape index (κ2) is 7.45. The van der Waals surface area contributed by atoms with Gasteiger partial charge >= 0.3 is 5.97 Å².